The topological polar surface area (TPSA) is 91.4 Å². The molecule has 0 fully saturated rings. The van der Waals surface area contributed by atoms with Crippen LogP contribution in [-0.2, 0) is 0 Å². The lowest BCUT2D eigenvalue weighted by Crippen LogP contribution is -2.01. The molecular formula is C10H7N2O4-. The molecular weight excluding hydrogens is 212 g/mol. The van der Waals surface area contributed by atoms with E-state index in [0.29, 0.717) is 0 Å². The number of hydrogen-bond acceptors (Lipinski definition) is 4. The Morgan fingerprint density at radius 3 is 2.56 bits per heavy atom. The average molecular weight is 219 g/mol. The summed E-state index contributed by atoms with van der Waals surface area (Å²) in [6.07, 6.45) is 0. The van der Waals surface area contributed by atoms with E-state index >= 15 is 0 Å². The Bertz CT molecular complexity index is 528. The van der Waals surface area contributed by atoms with Crippen molar-refractivity contribution in [1.82, 2.24) is 4.57 Å². The maximum atomic E-state index is 11.4. The highest BCUT2D eigenvalue weighted by Gasteiger charge is 2.09. The standard InChI is InChI=1S/C10H8N2O4/c13-9-4-5-10(14)11(9)7-2-1-3-8(6-7)12(15)16/h1-6,13-14H/p-1. The van der Waals surface area contributed by atoms with Crippen LogP contribution in [0.2, 0.25) is 0 Å². The lowest BCUT2D eigenvalue weighted by Gasteiger charge is -2.12. The van der Waals surface area contributed by atoms with Gasteiger partial charge in [-0.1, -0.05) is 6.07 Å². The molecule has 0 aliphatic rings. The number of hydrogen-bond donors (Lipinski definition) is 1. The van der Waals surface area contributed by atoms with Gasteiger partial charge in [-0.05, 0) is 24.1 Å². The summed E-state index contributed by atoms with van der Waals surface area (Å²) in [5, 5.41) is 31.3. The fraction of sp³-hybridized carbons (Fsp3) is 0. The van der Waals surface area contributed by atoms with E-state index in [0.717, 1.165) is 4.57 Å². The van der Waals surface area contributed by atoms with Gasteiger partial charge in [0.05, 0.1) is 10.6 Å². The fourth-order valence-corrected chi connectivity index (χ4v) is 1.41. The number of aromatic nitrogens is 1. The minimum atomic E-state index is -0.561. The van der Waals surface area contributed by atoms with E-state index in [-0.39, 0.29) is 17.3 Å². The SMILES string of the molecule is O=[N+]([O-])c1cccc(-n2c([O-])ccc2O)c1. The first-order valence-electron chi connectivity index (χ1n) is 4.42. The quantitative estimate of drug-likeness (QED) is 0.606. The minimum absolute atomic E-state index is 0.134. The van der Waals surface area contributed by atoms with Crippen LogP contribution in [0.15, 0.2) is 36.4 Å². The predicted octanol–water partition coefficient (Wildman–Crippen LogP) is 1.16. The second kappa shape index (κ2) is 3.58. The van der Waals surface area contributed by atoms with E-state index in [1.807, 2.05) is 0 Å². The molecule has 2 aromatic rings. The van der Waals surface area contributed by atoms with Crippen LogP contribution in [-0.4, -0.2) is 14.6 Å². The summed E-state index contributed by atoms with van der Waals surface area (Å²) in [6, 6.07) is 7.92. The monoisotopic (exact) mass is 219 g/mol. The number of nitro benzene ring substituents is 1. The molecule has 0 bridgehead atoms. The van der Waals surface area contributed by atoms with Gasteiger partial charge in [-0.15, -0.1) is 0 Å². The molecule has 6 heteroatoms. The van der Waals surface area contributed by atoms with Crippen molar-refractivity contribution in [2.45, 2.75) is 0 Å². The van der Waals surface area contributed by atoms with Crippen molar-refractivity contribution in [2.24, 2.45) is 0 Å². The van der Waals surface area contributed by atoms with Crippen LogP contribution in [0.1, 0.15) is 0 Å². The van der Waals surface area contributed by atoms with Crippen LogP contribution in [0, 0.1) is 10.1 Å². The summed E-state index contributed by atoms with van der Waals surface area (Å²) >= 11 is 0. The van der Waals surface area contributed by atoms with Crippen LogP contribution < -0.4 is 5.11 Å². The number of nitro groups is 1. The Balaban J connectivity index is 2.57. The molecule has 0 aliphatic heterocycles. The zero-order valence-corrected chi connectivity index (χ0v) is 8.03. The molecule has 0 saturated heterocycles. The van der Waals surface area contributed by atoms with Gasteiger partial charge in [0.2, 0.25) is 0 Å². The van der Waals surface area contributed by atoms with Gasteiger partial charge in [0.25, 0.3) is 5.69 Å². The Morgan fingerprint density at radius 2 is 2.00 bits per heavy atom. The highest BCUT2D eigenvalue weighted by atomic mass is 16.6. The molecule has 0 amide bonds. The summed E-state index contributed by atoms with van der Waals surface area (Å²) in [5.74, 6) is -0.677. The molecule has 0 saturated carbocycles. The lowest BCUT2D eigenvalue weighted by molar-refractivity contribution is -0.384. The van der Waals surface area contributed by atoms with Crippen molar-refractivity contribution in [3.05, 3.63) is 46.5 Å². The Morgan fingerprint density at radius 1 is 1.25 bits per heavy atom. The Kier molecular flexibility index (Phi) is 2.24. The number of rotatable bonds is 2. The molecule has 1 aromatic heterocycles. The van der Waals surface area contributed by atoms with E-state index in [2.05, 4.69) is 0 Å². The summed E-state index contributed by atoms with van der Waals surface area (Å²) in [4.78, 5) is 9.99. The van der Waals surface area contributed by atoms with Crippen molar-refractivity contribution in [1.29, 1.82) is 0 Å². The second-order valence-corrected chi connectivity index (χ2v) is 3.14. The minimum Gasteiger partial charge on any atom is -0.860 e. The van der Waals surface area contributed by atoms with Crippen molar-refractivity contribution in [3.63, 3.8) is 0 Å². The van der Waals surface area contributed by atoms with Crippen molar-refractivity contribution >= 4 is 5.69 Å². The van der Waals surface area contributed by atoms with E-state index in [9.17, 15) is 20.3 Å². The molecule has 16 heavy (non-hydrogen) atoms. The predicted molar refractivity (Wildman–Crippen MR) is 53.5 cm³/mol. The maximum absolute atomic E-state index is 11.4. The first-order chi connectivity index (χ1) is 7.59. The van der Waals surface area contributed by atoms with Crippen LogP contribution in [0.25, 0.3) is 5.69 Å². The van der Waals surface area contributed by atoms with Crippen molar-refractivity contribution in [2.75, 3.05) is 0 Å². The zero-order valence-electron chi connectivity index (χ0n) is 8.03. The normalized spacial score (nSPS) is 10.2. The number of nitrogens with zero attached hydrogens (tertiary/aromatic N) is 2. The molecule has 0 atom stereocenters. The van der Waals surface area contributed by atoms with Gasteiger partial charge in [0.1, 0.15) is 0 Å². The van der Waals surface area contributed by atoms with Crippen molar-refractivity contribution < 1.29 is 15.1 Å². The first kappa shape index (κ1) is 10.0. The third kappa shape index (κ3) is 1.56. The van der Waals surface area contributed by atoms with E-state index in [1.165, 1.54) is 36.4 Å². The maximum Gasteiger partial charge on any atom is 0.271 e. The summed E-state index contributed by atoms with van der Waals surface area (Å²) in [6.45, 7) is 0. The summed E-state index contributed by atoms with van der Waals surface area (Å²) in [7, 11) is 0. The number of non-ortho nitro benzene ring substituents is 1. The molecule has 1 aromatic carbocycles. The van der Waals surface area contributed by atoms with Gasteiger partial charge < -0.3 is 10.2 Å². The molecule has 0 spiro atoms. The highest BCUT2D eigenvalue weighted by molar-refractivity contribution is 5.47. The zero-order chi connectivity index (χ0) is 11.7. The molecule has 2 rings (SSSR count). The summed E-state index contributed by atoms with van der Waals surface area (Å²) in [5.41, 5.74) is 0.131. The van der Waals surface area contributed by atoms with Gasteiger partial charge in [0.15, 0.2) is 5.88 Å². The Labute approximate surface area is 90.1 Å². The Hall–Kier alpha value is -2.50. The second-order valence-electron chi connectivity index (χ2n) is 3.14. The largest absolute Gasteiger partial charge is 0.860 e. The third-order valence-electron chi connectivity index (χ3n) is 2.12. The first-order valence-corrected chi connectivity index (χ1v) is 4.42. The lowest BCUT2D eigenvalue weighted by atomic mass is 10.3. The molecule has 0 aliphatic carbocycles. The van der Waals surface area contributed by atoms with Crippen molar-refractivity contribution in [3.8, 4) is 17.4 Å². The van der Waals surface area contributed by atoms with Gasteiger partial charge in [-0.3, -0.25) is 14.7 Å². The average Bonchev–Trinajstić information content (AvgIpc) is 2.59. The smallest absolute Gasteiger partial charge is 0.271 e. The number of benzene rings is 1. The van der Waals surface area contributed by atoms with Crippen LogP contribution in [0.4, 0.5) is 5.69 Å². The van der Waals surface area contributed by atoms with Crippen LogP contribution in [0.3, 0.4) is 0 Å². The van der Waals surface area contributed by atoms with Gasteiger partial charge >= 0.3 is 0 Å². The molecule has 1 heterocycles. The molecule has 6 nitrogen and oxygen atoms in total. The van der Waals surface area contributed by atoms with E-state index < -0.39 is 10.8 Å². The third-order valence-corrected chi connectivity index (χ3v) is 2.12. The van der Waals surface area contributed by atoms with Gasteiger partial charge in [-0.2, -0.15) is 0 Å². The van der Waals surface area contributed by atoms with E-state index in [4.69, 9.17) is 0 Å². The molecule has 0 radical (unpaired) electrons. The molecule has 0 unspecified atom stereocenters. The van der Waals surface area contributed by atoms with Gasteiger partial charge in [-0.25, -0.2) is 0 Å². The fourth-order valence-electron chi connectivity index (χ4n) is 1.41. The highest BCUT2D eigenvalue weighted by Crippen LogP contribution is 2.26. The summed E-state index contributed by atoms with van der Waals surface area (Å²) < 4.78 is 0.993. The van der Waals surface area contributed by atoms with Crippen LogP contribution in [0.5, 0.6) is 11.8 Å². The van der Waals surface area contributed by atoms with E-state index in [1.54, 1.807) is 0 Å². The number of aromatic hydroxyl groups is 1. The molecule has 1 N–H and O–H groups in total. The molecule has 82 valence electrons. The van der Waals surface area contributed by atoms with Gasteiger partial charge in [0, 0.05) is 12.1 Å². The van der Waals surface area contributed by atoms with Crippen LogP contribution >= 0.6 is 0 Å².